The van der Waals surface area contributed by atoms with Gasteiger partial charge in [-0.05, 0) is 18.6 Å². The van der Waals surface area contributed by atoms with Crippen LogP contribution >= 0.6 is 11.8 Å². The fourth-order valence-electron chi connectivity index (χ4n) is 1.56. The van der Waals surface area contributed by atoms with Crippen LogP contribution in [0.4, 0.5) is 0 Å². The summed E-state index contributed by atoms with van der Waals surface area (Å²) >= 11 is 1.56. The van der Waals surface area contributed by atoms with Gasteiger partial charge in [-0.25, -0.2) is 4.98 Å². The average molecular weight is 246 g/mol. The number of aromatic nitrogens is 2. The van der Waals surface area contributed by atoms with Crippen LogP contribution in [0, 0.1) is 6.92 Å². The van der Waals surface area contributed by atoms with Gasteiger partial charge in [0.25, 0.3) is 0 Å². The quantitative estimate of drug-likeness (QED) is 0.614. The molecule has 2 rings (SSSR count). The molecule has 3 nitrogen and oxygen atoms in total. The summed E-state index contributed by atoms with van der Waals surface area (Å²) in [6.45, 7) is 2.05. The van der Waals surface area contributed by atoms with Crippen LogP contribution in [0.3, 0.4) is 0 Å². The molecule has 0 aliphatic rings. The third-order valence-electron chi connectivity index (χ3n) is 2.52. The molecule has 0 unspecified atom stereocenters. The summed E-state index contributed by atoms with van der Waals surface area (Å²) in [6.07, 6.45) is 3.43. The van der Waals surface area contributed by atoms with Crippen molar-refractivity contribution in [2.75, 3.05) is 5.75 Å². The van der Waals surface area contributed by atoms with E-state index >= 15 is 0 Å². The van der Waals surface area contributed by atoms with E-state index in [-0.39, 0.29) is 5.78 Å². The fraction of sp³-hybridized carbons (Fsp3) is 0.231. The summed E-state index contributed by atoms with van der Waals surface area (Å²) in [7, 11) is 1.83. The van der Waals surface area contributed by atoms with Crippen molar-refractivity contribution in [1.82, 2.24) is 9.55 Å². The van der Waals surface area contributed by atoms with Gasteiger partial charge in [0, 0.05) is 24.3 Å². The molecule has 0 fully saturated rings. The number of Topliss-reactive ketones (excluding diaryl/α,β-unsaturated/α-hetero) is 1. The average Bonchev–Trinajstić information content (AvgIpc) is 2.74. The van der Waals surface area contributed by atoms with Crippen LogP contribution in [0.1, 0.15) is 16.2 Å². The lowest BCUT2D eigenvalue weighted by Gasteiger charge is -2.04. The van der Waals surface area contributed by atoms with E-state index in [4.69, 9.17) is 0 Å². The zero-order chi connectivity index (χ0) is 12.3. The van der Waals surface area contributed by atoms with Gasteiger partial charge in [0.1, 0.15) is 0 Å². The van der Waals surface area contributed by atoms with Crippen molar-refractivity contribution >= 4 is 17.5 Å². The number of benzene rings is 1. The maximum absolute atomic E-state index is 11.9. The topological polar surface area (TPSA) is 34.9 Å². The summed E-state index contributed by atoms with van der Waals surface area (Å²) in [5.74, 6) is 1.01. The summed E-state index contributed by atoms with van der Waals surface area (Å²) in [4.78, 5) is 17.1. The Morgan fingerprint density at radius 3 is 2.82 bits per heavy atom. The van der Waals surface area contributed by atoms with Crippen LogP contribution in [-0.4, -0.2) is 21.1 Å². The molecule has 2 aromatic rings. The van der Waals surface area contributed by atoms with E-state index in [1.165, 1.54) is 5.56 Å². The van der Waals surface area contributed by atoms with E-state index in [1.54, 1.807) is 28.7 Å². The molecule has 1 heterocycles. The number of imidazole rings is 1. The third-order valence-corrected chi connectivity index (χ3v) is 3.70. The summed E-state index contributed by atoms with van der Waals surface area (Å²) in [6, 6.07) is 8.07. The highest BCUT2D eigenvalue weighted by molar-refractivity contribution is 8.00. The second kappa shape index (κ2) is 5.19. The van der Waals surface area contributed by atoms with E-state index in [2.05, 4.69) is 4.98 Å². The molecule has 0 saturated carbocycles. The molecule has 17 heavy (non-hydrogen) atoms. The molecule has 0 amide bonds. The number of carbonyl (C=O) groups is 1. The van der Waals surface area contributed by atoms with Gasteiger partial charge in [-0.15, -0.1) is 11.8 Å². The van der Waals surface area contributed by atoms with Crippen LogP contribution in [0.25, 0.3) is 0 Å². The number of thioether (sulfide) groups is 1. The van der Waals surface area contributed by atoms with Gasteiger partial charge in [0.15, 0.2) is 5.82 Å². The van der Waals surface area contributed by atoms with Crippen molar-refractivity contribution in [2.24, 2.45) is 7.05 Å². The molecule has 0 aliphatic heterocycles. The van der Waals surface area contributed by atoms with Crippen molar-refractivity contribution in [2.45, 2.75) is 11.8 Å². The molecular weight excluding hydrogens is 232 g/mol. The van der Waals surface area contributed by atoms with E-state index in [9.17, 15) is 4.79 Å². The Morgan fingerprint density at radius 2 is 2.18 bits per heavy atom. The van der Waals surface area contributed by atoms with Gasteiger partial charge in [-0.2, -0.15) is 0 Å². The molecule has 4 heteroatoms. The first-order valence-corrected chi connectivity index (χ1v) is 6.36. The zero-order valence-corrected chi connectivity index (χ0v) is 10.7. The van der Waals surface area contributed by atoms with Gasteiger partial charge < -0.3 is 4.57 Å². The molecule has 0 atom stereocenters. The number of hydrogen-bond acceptors (Lipinski definition) is 3. The summed E-state index contributed by atoms with van der Waals surface area (Å²) in [5, 5.41) is 0. The van der Waals surface area contributed by atoms with Gasteiger partial charge in [-0.1, -0.05) is 18.2 Å². The van der Waals surface area contributed by atoms with Crippen LogP contribution in [0.15, 0.2) is 41.6 Å². The molecule has 0 radical (unpaired) electrons. The Morgan fingerprint density at radius 1 is 1.41 bits per heavy atom. The van der Waals surface area contributed by atoms with Gasteiger partial charge in [0.2, 0.25) is 5.78 Å². The molecule has 88 valence electrons. The van der Waals surface area contributed by atoms with Crippen LogP contribution in [-0.2, 0) is 7.05 Å². The molecule has 0 aliphatic carbocycles. The van der Waals surface area contributed by atoms with E-state index in [1.807, 2.05) is 38.2 Å². The molecule has 0 N–H and O–H groups in total. The molecule has 0 saturated heterocycles. The highest BCUT2D eigenvalue weighted by atomic mass is 32.2. The second-order valence-electron chi connectivity index (χ2n) is 3.84. The first kappa shape index (κ1) is 11.9. The lowest BCUT2D eigenvalue weighted by Crippen LogP contribution is -2.09. The van der Waals surface area contributed by atoms with E-state index in [0.717, 1.165) is 4.90 Å². The van der Waals surface area contributed by atoms with Gasteiger partial charge >= 0.3 is 0 Å². The Hall–Kier alpha value is -1.55. The van der Waals surface area contributed by atoms with Crippen molar-refractivity contribution in [3.05, 3.63) is 48.0 Å². The number of rotatable bonds is 4. The minimum absolute atomic E-state index is 0.0609. The molecule has 1 aromatic carbocycles. The number of ketones is 1. The Bertz CT molecular complexity index is 534. The van der Waals surface area contributed by atoms with Crippen LogP contribution in [0.2, 0.25) is 0 Å². The van der Waals surface area contributed by atoms with E-state index in [0.29, 0.717) is 11.6 Å². The predicted molar refractivity (Wildman–Crippen MR) is 69.4 cm³/mol. The van der Waals surface area contributed by atoms with Crippen molar-refractivity contribution in [3.8, 4) is 0 Å². The number of hydrogen-bond donors (Lipinski definition) is 0. The normalized spacial score (nSPS) is 10.5. The van der Waals surface area contributed by atoms with Crippen molar-refractivity contribution in [1.29, 1.82) is 0 Å². The fourth-order valence-corrected chi connectivity index (χ4v) is 2.45. The predicted octanol–water partition coefficient (Wildman–Crippen LogP) is 2.70. The SMILES string of the molecule is Cc1ccccc1SCC(=O)c1nccn1C. The van der Waals surface area contributed by atoms with Gasteiger partial charge in [-0.3, -0.25) is 4.79 Å². The lowest BCUT2D eigenvalue weighted by atomic mass is 10.2. The van der Waals surface area contributed by atoms with Crippen molar-refractivity contribution in [3.63, 3.8) is 0 Å². The number of aryl methyl sites for hydroxylation is 2. The van der Waals surface area contributed by atoms with E-state index < -0.39 is 0 Å². The maximum Gasteiger partial charge on any atom is 0.208 e. The Kier molecular flexibility index (Phi) is 3.64. The zero-order valence-electron chi connectivity index (χ0n) is 9.88. The standard InChI is InChI=1S/C13H14N2OS/c1-10-5-3-4-6-12(10)17-9-11(16)13-14-7-8-15(13)2/h3-8H,9H2,1-2H3. The number of carbonyl (C=O) groups excluding carboxylic acids is 1. The maximum atomic E-state index is 11.9. The molecule has 1 aromatic heterocycles. The van der Waals surface area contributed by atoms with Crippen molar-refractivity contribution < 1.29 is 4.79 Å². The second-order valence-corrected chi connectivity index (χ2v) is 4.86. The highest BCUT2D eigenvalue weighted by Crippen LogP contribution is 2.22. The lowest BCUT2D eigenvalue weighted by molar-refractivity contribution is 0.101. The third kappa shape index (κ3) is 2.77. The minimum Gasteiger partial charge on any atom is -0.332 e. The minimum atomic E-state index is 0.0609. The monoisotopic (exact) mass is 246 g/mol. The van der Waals surface area contributed by atoms with Crippen LogP contribution in [0.5, 0.6) is 0 Å². The first-order chi connectivity index (χ1) is 8.18. The smallest absolute Gasteiger partial charge is 0.208 e. The molecule has 0 spiro atoms. The summed E-state index contributed by atoms with van der Waals surface area (Å²) < 4.78 is 1.75. The molecular formula is C13H14N2OS. The largest absolute Gasteiger partial charge is 0.332 e. The molecule has 0 bridgehead atoms. The first-order valence-electron chi connectivity index (χ1n) is 5.37. The van der Waals surface area contributed by atoms with Gasteiger partial charge in [0.05, 0.1) is 5.75 Å². The Balaban J connectivity index is 2.02. The summed E-state index contributed by atoms with van der Waals surface area (Å²) in [5.41, 5.74) is 1.20. The van der Waals surface area contributed by atoms with Crippen LogP contribution < -0.4 is 0 Å². The number of nitrogens with zero attached hydrogens (tertiary/aromatic N) is 2. The highest BCUT2D eigenvalue weighted by Gasteiger charge is 2.11. The Labute approximate surface area is 105 Å².